The van der Waals surface area contributed by atoms with Crippen LogP contribution >= 0.6 is 11.3 Å². The number of hydrogen-bond donors (Lipinski definition) is 1. The number of thiophene rings is 1. The Kier molecular flexibility index (Phi) is 5.37. The second kappa shape index (κ2) is 7.96. The van der Waals surface area contributed by atoms with Gasteiger partial charge in [-0.25, -0.2) is 4.39 Å². The van der Waals surface area contributed by atoms with Crippen molar-refractivity contribution in [2.45, 2.75) is 50.4 Å². The number of nitriles is 1. The minimum absolute atomic E-state index is 0.394. The Morgan fingerprint density at radius 1 is 1.24 bits per heavy atom. The van der Waals surface area contributed by atoms with E-state index in [1.54, 1.807) is 12.1 Å². The first kappa shape index (κ1) is 19.6. The second-order valence-electron chi connectivity index (χ2n) is 7.60. The predicted molar refractivity (Wildman–Crippen MR) is 107 cm³/mol. The Bertz CT molecular complexity index is 1000. The number of nitrogens with one attached hydrogen (secondary N) is 1. The van der Waals surface area contributed by atoms with Crippen LogP contribution in [0.3, 0.4) is 0 Å². The zero-order valence-corrected chi connectivity index (χ0v) is 16.7. The van der Waals surface area contributed by atoms with Crippen molar-refractivity contribution in [2.75, 3.05) is 11.9 Å². The van der Waals surface area contributed by atoms with Gasteiger partial charge in [0.25, 0.3) is 5.91 Å². The van der Waals surface area contributed by atoms with Gasteiger partial charge in [-0.15, -0.1) is 11.3 Å². The maximum atomic E-state index is 13.7. The third-order valence-electron chi connectivity index (χ3n) is 5.85. The van der Waals surface area contributed by atoms with Crippen LogP contribution in [0.2, 0.25) is 0 Å². The summed E-state index contributed by atoms with van der Waals surface area (Å²) in [6.45, 7) is -0.427. The first-order valence-corrected chi connectivity index (χ1v) is 10.6. The van der Waals surface area contributed by atoms with Crippen molar-refractivity contribution < 1.29 is 18.7 Å². The Morgan fingerprint density at radius 2 is 2.03 bits per heavy atom. The Hall–Kier alpha value is -2.72. The highest BCUT2D eigenvalue weighted by Crippen LogP contribution is 2.42. The maximum Gasteiger partial charge on any atom is 0.317 e. The van der Waals surface area contributed by atoms with Gasteiger partial charge in [-0.3, -0.25) is 9.59 Å². The van der Waals surface area contributed by atoms with Crippen LogP contribution in [0.15, 0.2) is 24.3 Å². The van der Waals surface area contributed by atoms with E-state index in [9.17, 15) is 19.2 Å². The molecular formula is C22H21FN2O3S. The number of fused-ring (bicyclic) bond motifs is 1. The van der Waals surface area contributed by atoms with Crippen molar-refractivity contribution >= 4 is 28.2 Å². The first-order chi connectivity index (χ1) is 14.0. The molecule has 2 aromatic rings. The third kappa shape index (κ3) is 3.65. The van der Waals surface area contributed by atoms with E-state index in [4.69, 9.17) is 4.74 Å². The lowest BCUT2D eigenvalue weighted by molar-refractivity contribution is -0.153. The first-order valence-electron chi connectivity index (χ1n) is 9.81. The van der Waals surface area contributed by atoms with Crippen molar-refractivity contribution in [3.63, 3.8) is 0 Å². The molecule has 1 aromatic heterocycles. The number of carbonyl (C=O) groups is 2. The zero-order chi connectivity index (χ0) is 20.4. The Labute approximate surface area is 172 Å². The number of carbonyl (C=O) groups excluding carboxylic acids is 2. The monoisotopic (exact) mass is 412 g/mol. The number of anilines is 1. The lowest BCUT2D eigenvalue weighted by Gasteiger charge is -2.27. The Balaban J connectivity index is 1.44. The van der Waals surface area contributed by atoms with Gasteiger partial charge in [-0.05, 0) is 55.4 Å². The fourth-order valence-corrected chi connectivity index (χ4v) is 5.67. The van der Waals surface area contributed by atoms with Crippen molar-refractivity contribution in [3.05, 3.63) is 51.7 Å². The normalized spacial score (nSPS) is 16.8. The van der Waals surface area contributed by atoms with Crippen LogP contribution in [-0.4, -0.2) is 18.5 Å². The molecule has 0 aliphatic heterocycles. The molecule has 0 spiro atoms. The fraction of sp³-hybridized carbons (Fsp3) is 0.409. The summed E-state index contributed by atoms with van der Waals surface area (Å²) in [6, 6.07) is 8.22. The molecule has 1 N–H and O–H groups in total. The van der Waals surface area contributed by atoms with Gasteiger partial charge in [0.15, 0.2) is 6.61 Å². The second-order valence-corrected chi connectivity index (χ2v) is 8.70. The van der Waals surface area contributed by atoms with E-state index >= 15 is 0 Å². The molecule has 4 rings (SSSR count). The van der Waals surface area contributed by atoms with Crippen molar-refractivity contribution in [1.82, 2.24) is 0 Å². The van der Waals surface area contributed by atoms with Gasteiger partial charge in [0.1, 0.15) is 16.9 Å². The van der Waals surface area contributed by atoms with Crippen LogP contribution < -0.4 is 5.32 Å². The van der Waals surface area contributed by atoms with Crippen LogP contribution in [0.1, 0.15) is 53.7 Å². The smallest absolute Gasteiger partial charge is 0.317 e. The quantitative estimate of drug-likeness (QED) is 0.745. The van der Waals surface area contributed by atoms with Crippen molar-refractivity contribution in [3.8, 4) is 6.07 Å². The number of esters is 1. The van der Waals surface area contributed by atoms with E-state index in [1.807, 2.05) is 0 Å². The minimum atomic E-state index is -0.899. The van der Waals surface area contributed by atoms with Gasteiger partial charge in [0.05, 0.1) is 11.0 Å². The highest BCUT2D eigenvalue weighted by Gasteiger charge is 2.44. The maximum absolute atomic E-state index is 13.7. The average molecular weight is 412 g/mol. The van der Waals surface area contributed by atoms with Crippen molar-refractivity contribution in [1.29, 1.82) is 5.26 Å². The molecule has 5 nitrogen and oxygen atoms in total. The average Bonchev–Trinajstić information content (AvgIpc) is 3.42. The van der Waals surface area contributed by atoms with E-state index in [-0.39, 0.29) is 0 Å². The number of nitrogens with zero attached hydrogens (tertiary/aromatic N) is 1. The zero-order valence-electron chi connectivity index (χ0n) is 15.9. The molecule has 150 valence electrons. The van der Waals surface area contributed by atoms with Crippen LogP contribution in [0.25, 0.3) is 0 Å². The topological polar surface area (TPSA) is 79.2 Å². The standard InChI is InChI=1S/C22H21FN2O3S/c23-15-6-3-5-14(11-15)22(9-1-2-10-22)21(27)28-13-19(26)25-20-17(12-24)16-7-4-8-18(16)29-20/h3,5-6,11H,1-2,4,7-10,13H2,(H,25,26). The highest BCUT2D eigenvalue weighted by atomic mass is 32.1. The van der Waals surface area contributed by atoms with Crippen molar-refractivity contribution in [2.24, 2.45) is 0 Å². The van der Waals surface area contributed by atoms with Gasteiger partial charge in [-0.2, -0.15) is 5.26 Å². The van der Waals surface area contributed by atoms with Gasteiger partial charge < -0.3 is 10.1 Å². The molecule has 1 saturated carbocycles. The van der Waals surface area contributed by atoms with Crippen LogP contribution in [0, 0.1) is 17.1 Å². The summed E-state index contributed by atoms with van der Waals surface area (Å²) in [7, 11) is 0. The van der Waals surface area contributed by atoms with Crippen LogP contribution in [0.4, 0.5) is 9.39 Å². The summed E-state index contributed by atoms with van der Waals surface area (Å²) in [5, 5.41) is 12.7. The number of hydrogen-bond acceptors (Lipinski definition) is 5. The minimum Gasteiger partial charge on any atom is -0.455 e. The highest BCUT2D eigenvalue weighted by molar-refractivity contribution is 7.16. The molecule has 1 aromatic carbocycles. The molecule has 0 unspecified atom stereocenters. The SMILES string of the molecule is N#Cc1c(NC(=O)COC(=O)C2(c3cccc(F)c3)CCCC2)sc2c1CCC2. The van der Waals surface area contributed by atoms with Gasteiger partial charge in [0.2, 0.25) is 0 Å². The van der Waals surface area contributed by atoms with E-state index in [0.29, 0.717) is 29.0 Å². The lowest BCUT2D eigenvalue weighted by atomic mass is 9.79. The van der Waals surface area contributed by atoms with Gasteiger partial charge >= 0.3 is 5.97 Å². The molecule has 0 bridgehead atoms. The Morgan fingerprint density at radius 3 is 2.76 bits per heavy atom. The number of ether oxygens (including phenoxy) is 1. The summed E-state index contributed by atoms with van der Waals surface area (Å²) in [4.78, 5) is 26.4. The number of rotatable bonds is 5. The van der Waals surface area contributed by atoms with Crippen LogP contribution in [-0.2, 0) is 32.6 Å². The largest absolute Gasteiger partial charge is 0.455 e. The molecule has 0 saturated heterocycles. The summed E-state index contributed by atoms with van der Waals surface area (Å²) in [6.07, 6.45) is 5.67. The molecule has 0 atom stereocenters. The summed E-state index contributed by atoms with van der Waals surface area (Å²) >= 11 is 1.42. The molecule has 2 aliphatic rings. The molecule has 1 amide bonds. The number of halogens is 1. The molecule has 2 aliphatic carbocycles. The molecule has 29 heavy (non-hydrogen) atoms. The summed E-state index contributed by atoms with van der Waals surface area (Å²) < 4.78 is 19.1. The summed E-state index contributed by atoms with van der Waals surface area (Å²) in [5.41, 5.74) is 1.25. The number of benzene rings is 1. The third-order valence-corrected chi connectivity index (χ3v) is 7.05. The van der Waals surface area contributed by atoms with Gasteiger partial charge in [0, 0.05) is 4.88 Å². The molecule has 0 radical (unpaired) electrons. The summed E-state index contributed by atoms with van der Waals surface area (Å²) in [5.74, 6) is -1.36. The molecular weight excluding hydrogens is 391 g/mol. The number of aryl methyl sites for hydroxylation is 1. The van der Waals surface area contributed by atoms with E-state index < -0.39 is 29.7 Å². The molecule has 1 fully saturated rings. The number of amides is 1. The van der Waals surface area contributed by atoms with E-state index in [1.165, 1.54) is 23.5 Å². The molecule has 7 heteroatoms. The van der Waals surface area contributed by atoms with Gasteiger partial charge in [-0.1, -0.05) is 25.0 Å². The fourth-order valence-electron chi connectivity index (χ4n) is 4.42. The van der Waals surface area contributed by atoms with E-state index in [2.05, 4.69) is 11.4 Å². The predicted octanol–water partition coefficient (Wildman–Crippen LogP) is 4.24. The van der Waals surface area contributed by atoms with E-state index in [0.717, 1.165) is 42.5 Å². The lowest BCUT2D eigenvalue weighted by Crippen LogP contribution is -2.36. The molecule has 1 heterocycles. The van der Waals surface area contributed by atoms with Crippen LogP contribution in [0.5, 0.6) is 0 Å².